The number of nitrogens with one attached hydrogen (secondary N) is 1. The van der Waals surface area contributed by atoms with Crippen molar-refractivity contribution in [3.63, 3.8) is 0 Å². The summed E-state index contributed by atoms with van der Waals surface area (Å²) in [5, 5.41) is 3.01. The standard InChI is InChI=1S/C12H17ClN2O4S/c1-19-11-4-3-8(13)7-10(11)15-12(16)9(14)5-6-20(2,17)18/h3-4,7,9H,5-6,14H2,1-2H3,(H,15,16). The predicted molar refractivity (Wildman–Crippen MR) is 78.9 cm³/mol. The molecule has 0 radical (unpaired) electrons. The number of sulfone groups is 1. The lowest BCUT2D eigenvalue weighted by Gasteiger charge is -2.14. The molecule has 1 rings (SSSR count). The molecule has 1 unspecified atom stereocenters. The summed E-state index contributed by atoms with van der Waals surface area (Å²) in [4.78, 5) is 11.9. The predicted octanol–water partition coefficient (Wildman–Crippen LogP) is 1.05. The second-order valence-electron chi connectivity index (χ2n) is 4.36. The van der Waals surface area contributed by atoms with E-state index >= 15 is 0 Å². The zero-order valence-corrected chi connectivity index (χ0v) is 12.8. The molecular weight excluding hydrogens is 304 g/mol. The fourth-order valence-electron chi connectivity index (χ4n) is 1.48. The van der Waals surface area contributed by atoms with Crippen LogP contribution in [-0.4, -0.2) is 39.5 Å². The van der Waals surface area contributed by atoms with Crippen molar-refractivity contribution in [3.8, 4) is 5.75 Å². The quantitative estimate of drug-likeness (QED) is 0.816. The number of amides is 1. The largest absolute Gasteiger partial charge is 0.495 e. The highest BCUT2D eigenvalue weighted by molar-refractivity contribution is 7.90. The molecule has 0 aromatic heterocycles. The first kappa shape index (κ1) is 16.7. The SMILES string of the molecule is COc1ccc(Cl)cc1NC(=O)C(N)CCS(C)(=O)=O. The van der Waals surface area contributed by atoms with Crippen LogP contribution in [0.4, 0.5) is 5.69 Å². The number of hydrogen-bond donors (Lipinski definition) is 2. The van der Waals surface area contributed by atoms with Crippen molar-refractivity contribution in [2.45, 2.75) is 12.5 Å². The molecule has 1 aromatic rings. The van der Waals surface area contributed by atoms with Gasteiger partial charge >= 0.3 is 0 Å². The third-order valence-electron chi connectivity index (χ3n) is 2.56. The van der Waals surface area contributed by atoms with Crippen LogP contribution in [0.2, 0.25) is 5.02 Å². The minimum absolute atomic E-state index is 0.0492. The Morgan fingerprint density at radius 1 is 1.50 bits per heavy atom. The number of benzene rings is 1. The van der Waals surface area contributed by atoms with E-state index in [1.165, 1.54) is 13.2 Å². The van der Waals surface area contributed by atoms with Crippen molar-refractivity contribution < 1.29 is 17.9 Å². The van der Waals surface area contributed by atoms with Crippen molar-refractivity contribution in [3.05, 3.63) is 23.2 Å². The van der Waals surface area contributed by atoms with Crippen LogP contribution < -0.4 is 15.8 Å². The maximum Gasteiger partial charge on any atom is 0.241 e. The number of carbonyl (C=O) groups is 1. The summed E-state index contributed by atoms with van der Waals surface area (Å²) in [6.45, 7) is 0. The molecule has 0 spiro atoms. The van der Waals surface area contributed by atoms with Gasteiger partial charge in [0.15, 0.2) is 0 Å². The van der Waals surface area contributed by atoms with Gasteiger partial charge in [-0.2, -0.15) is 0 Å². The fraction of sp³-hybridized carbons (Fsp3) is 0.417. The summed E-state index contributed by atoms with van der Waals surface area (Å²) in [5.74, 6) is -0.193. The summed E-state index contributed by atoms with van der Waals surface area (Å²) >= 11 is 5.84. The highest BCUT2D eigenvalue weighted by Gasteiger charge is 2.17. The Balaban J connectivity index is 2.73. The summed E-state index contributed by atoms with van der Waals surface area (Å²) in [5.41, 5.74) is 6.04. The van der Waals surface area contributed by atoms with E-state index < -0.39 is 21.8 Å². The second kappa shape index (κ2) is 6.92. The van der Waals surface area contributed by atoms with Gasteiger partial charge in [0, 0.05) is 11.3 Å². The number of nitrogens with two attached hydrogens (primary N) is 1. The Kier molecular flexibility index (Phi) is 5.79. The minimum Gasteiger partial charge on any atom is -0.495 e. The van der Waals surface area contributed by atoms with Crippen LogP contribution in [0, 0.1) is 0 Å². The van der Waals surface area contributed by atoms with Gasteiger partial charge in [-0.1, -0.05) is 11.6 Å². The van der Waals surface area contributed by atoms with Gasteiger partial charge in [0.25, 0.3) is 0 Å². The Labute approximate surface area is 123 Å². The number of hydrogen-bond acceptors (Lipinski definition) is 5. The van der Waals surface area contributed by atoms with Gasteiger partial charge in [0.2, 0.25) is 5.91 Å². The van der Waals surface area contributed by atoms with Crippen molar-refractivity contribution in [2.24, 2.45) is 5.73 Å². The molecule has 20 heavy (non-hydrogen) atoms. The number of methoxy groups -OCH3 is 1. The first-order valence-corrected chi connectivity index (χ1v) is 8.24. The number of rotatable bonds is 6. The zero-order valence-electron chi connectivity index (χ0n) is 11.2. The minimum atomic E-state index is -3.15. The van der Waals surface area contributed by atoms with Gasteiger partial charge in [0.1, 0.15) is 15.6 Å². The molecule has 1 atom stereocenters. The van der Waals surface area contributed by atoms with E-state index in [4.69, 9.17) is 22.1 Å². The number of ether oxygens (including phenoxy) is 1. The van der Waals surface area contributed by atoms with Crippen molar-refractivity contribution in [1.82, 2.24) is 0 Å². The molecule has 6 nitrogen and oxygen atoms in total. The summed E-state index contributed by atoms with van der Waals surface area (Å²) in [6, 6.07) is 3.84. The van der Waals surface area contributed by atoms with Gasteiger partial charge in [-0.15, -0.1) is 0 Å². The number of halogens is 1. The molecule has 3 N–H and O–H groups in total. The number of carbonyl (C=O) groups excluding carboxylic acids is 1. The van der Waals surface area contributed by atoms with Gasteiger partial charge in [0.05, 0.1) is 24.6 Å². The number of anilines is 1. The maximum atomic E-state index is 11.9. The molecule has 0 fully saturated rings. The van der Waals surface area contributed by atoms with E-state index in [2.05, 4.69) is 5.32 Å². The second-order valence-corrected chi connectivity index (χ2v) is 7.06. The molecule has 112 valence electrons. The summed E-state index contributed by atoms with van der Waals surface area (Å²) < 4.78 is 27.2. The van der Waals surface area contributed by atoms with E-state index in [0.717, 1.165) is 6.26 Å². The Morgan fingerprint density at radius 2 is 2.15 bits per heavy atom. The van der Waals surface area contributed by atoms with E-state index in [1.807, 2.05) is 0 Å². The van der Waals surface area contributed by atoms with E-state index in [0.29, 0.717) is 16.5 Å². The van der Waals surface area contributed by atoms with Crippen LogP contribution in [-0.2, 0) is 14.6 Å². The molecule has 0 aliphatic rings. The van der Waals surface area contributed by atoms with Gasteiger partial charge in [-0.3, -0.25) is 4.79 Å². The molecule has 0 heterocycles. The van der Waals surface area contributed by atoms with E-state index in [9.17, 15) is 13.2 Å². The van der Waals surface area contributed by atoms with Gasteiger partial charge in [-0.05, 0) is 24.6 Å². The first-order chi connectivity index (χ1) is 9.23. The molecule has 1 amide bonds. The third-order valence-corrected chi connectivity index (χ3v) is 3.77. The van der Waals surface area contributed by atoms with E-state index in [-0.39, 0.29) is 12.2 Å². The molecule has 0 saturated carbocycles. The van der Waals surface area contributed by atoms with Crippen molar-refractivity contribution in [1.29, 1.82) is 0 Å². The first-order valence-electron chi connectivity index (χ1n) is 5.80. The molecule has 0 aliphatic heterocycles. The lowest BCUT2D eigenvalue weighted by molar-refractivity contribution is -0.117. The molecule has 0 bridgehead atoms. The molecular formula is C12H17ClN2O4S. The van der Waals surface area contributed by atoms with E-state index in [1.54, 1.807) is 12.1 Å². The van der Waals surface area contributed by atoms with Crippen LogP contribution >= 0.6 is 11.6 Å². The molecule has 0 aliphatic carbocycles. The monoisotopic (exact) mass is 320 g/mol. The van der Waals surface area contributed by atoms with Crippen LogP contribution in [0.25, 0.3) is 0 Å². The zero-order chi connectivity index (χ0) is 15.3. The topological polar surface area (TPSA) is 98.5 Å². The summed E-state index contributed by atoms with van der Waals surface area (Å²) in [7, 11) is -1.69. The van der Waals surface area contributed by atoms with Gasteiger partial charge in [-0.25, -0.2) is 8.42 Å². The molecule has 1 aromatic carbocycles. The lowest BCUT2D eigenvalue weighted by atomic mass is 10.2. The van der Waals surface area contributed by atoms with Crippen molar-refractivity contribution in [2.75, 3.05) is 24.4 Å². The maximum absolute atomic E-state index is 11.9. The Bertz CT molecular complexity index is 589. The highest BCUT2D eigenvalue weighted by Crippen LogP contribution is 2.27. The Morgan fingerprint density at radius 3 is 2.70 bits per heavy atom. The lowest BCUT2D eigenvalue weighted by Crippen LogP contribution is -2.37. The van der Waals surface area contributed by atoms with Gasteiger partial charge < -0.3 is 15.8 Å². The smallest absolute Gasteiger partial charge is 0.241 e. The van der Waals surface area contributed by atoms with Crippen molar-refractivity contribution >= 4 is 33.0 Å². The molecule has 8 heteroatoms. The van der Waals surface area contributed by atoms with Crippen LogP contribution in [0.3, 0.4) is 0 Å². The van der Waals surface area contributed by atoms with Crippen LogP contribution in [0.15, 0.2) is 18.2 Å². The average Bonchev–Trinajstić information content (AvgIpc) is 2.35. The molecule has 0 saturated heterocycles. The third kappa shape index (κ3) is 5.36. The van der Waals surface area contributed by atoms with Crippen LogP contribution in [0.1, 0.15) is 6.42 Å². The summed E-state index contributed by atoms with van der Waals surface area (Å²) in [6.07, 6.45) is 1.14. The average molecular weight is 321 g/mol. The Hall–Kier alpha value is -1.31. The highest BCUT2D eigenvalue weighted by atomic mass is 35.5. The fourth-order valence-corrected chi connectivity index (χ4v) is 2.33. The normalized spacial score (nSPS) is 12.8. The van der Waals surface area contributed by atoms with Crippen LogP contribution in [0.5, 0.6) is 5.75 Å².